The van der Waals surface area contributed by atoms with Crippen LogP contribution in [0.4, 0.5) is 0 Å². The molecule has 0 bridgehead atoms. The first-order valence-corrected chi connectivity index (χ1v) is 6.95. The van der Waals surface area contributed by atoms with Gasteiger partial charge in [0.05, 0.1) is 0 Å². The van der Waals surface area contributed by atoms with Gasteiger partial charge in [0.1, 0.15) is 0 Å². The maximum atomic E-state index is 3.59. The van der Waals surface area contributed by atoms with Gasteiger partial charge in [0.15, 0.2) is 0 Å². The fraction of sp³-hybridized carbons (Fsp3) is 0.600. The molecule has 2 aliphatic rings. The minimum Gasteiger partial charge on any atom is -0.316 e. The molecule has 2 N–H and O–H groups in total. The Kier molecular flexibility index (Phi) is 3.44. The quantitative estimate of drug-likeness (QED) is 0.830. The average Bonchev–Trinajstić information content (AvgIpc) is 3.22. The van der Waals surface area contributed by atoms with Crippen LogP contribution in [0.1, 0.15) is 42.7 Å². The molecule has 3 rings (SSSR count). The van der Waals surface area contributed by atoms with Crippen LogP contribution in [0.2, 0.25) is 0 Å². The Balaban J connectivity index is 1.64. The smallest absolute Gasteiger partial charge is 0.0208 e. The second-order valence-electron chi connectivity index (χ2n) is 5.44. The van der Waals surface area contributed by atoms with Crippen molar-refractivity contribution in [1.29, 1.82) is 0 Å². The number of hydrogen-bond donors (Lipinski definition) is 2. The van der Waals surface area contributed by atoms with Crippen molar-refractivity contribution in [3.63, 3.8) is 0 Å². The van der Waals surface area contributed by atoms with Gasteiger partial charge in [0.2, 0.25) is 0 Å². The molecule has 0 radical (unpaired) electrons. The Morgan fingerprint density at radius 2 is 2.18 bits per heavy atom. The summed E-state index contributed by atoms with van der Waals surface area (Å²) in [5.74, 6) is 0.727. The zero-order chi connectivity index (χ0) is 11.5. The molecule has 2 nitrogen and oxygen atoms in total. The maximum absolute atomic E-state index is 3.59. The lowest BCUT2D eigenvalue weighted by Gasteiger charge is -2.23. The van der Waals surface area contributed by atoms with E-state index in [1.165, 1.54) is 43.4 Å². The highest BCUT2D eigenvalue weighted by Gasteiger charge is 2.20. The van der Waals surface area contributed by atoms with E-state index in [4.69, 9.17) is 0 Å². The van der Waals surface area contributed by atoms with Crippen LogP contribution in [0.3, 0.4) is 0 Å². The molecule has 1 unspecified atom stereocenters. The van der Waals surface area contributed by atoms with Crippen LogP contribution in [0.5, 0.6) is 0 Å². The molecule has 92 valence electrons. The van der Waals surface area contributed by atoms with E-state index >= 15 is 0 Å². The summed E-state index contributed by atoms with van der Waals surface area (Å²) in [4.78, 5) is 0. The summed E-state index contributed by atoms with van der Waals surface area (Å²) in [5, 5.41) is 7.08. The van der Waals surface area contributed by atoms with Crippen molar-refractivity contribution < 1.29 is 0 Å². The third-order valence-electron chi connectivity index (χ3n) is 3.89. The predicted octanol–water partition coefficient (Wildman–Crippen LogP) is 2.41. The first kappa shape index (κ1) is 11.2. The number of nitrogens with one attached hydrogen (secondary N) is 2. The highest BCUT2D eigenvalue weighted by molar-refractivity contribution is 5.27. The van der Waals surface area contributed by atoms with Gasteiger partial charge in [-0.05, 0) is 49.3 Å². The van der Waals surface area contributed by atoms with Gasteiger partial charge in [-0.25, -0.2) is 0 Å². The summed E-state index contributed by atoms with van der Waals surface area (Å²) in [7, 11) is 0. The molecule has 0 amide bonds. The Hall–Kier alpha value is -0.860. The molecular formula is C15H22N2. The minimum atomic E-state index is 0.727. The topological polar surface area (TPSA) is 24.1 Å². The first-order chi connectivity index (χ1) is 8.42. The van der Waals surface area contributed by atoms with Gasteiger partial charge in [0.25, 0.3) is 0 Å². The van der Waals surface area contributed by atoms with Gasteiger partial charge in [-0.3, -0.25) is 0 Å². The summed E-state index contributed by atoms with van der Waals surface area (Å²) in [6.07, 6.45) is 5.39. The molecule has 17 heavy (non-hydrogen) atoms. The fourth-order valence-corrected chi connectivity index (χ4v) is 2.64. The van der Waals surface area contributed by atoms with Crippen LogP contribution in [-0.4, -0.2) is 19.1 Å². The maximum Gasteiger partial charge on any atom is 0.0208 e. The standard InChI is InChI=1S/C15H22N2/c1-3-12(10-17-15-6-7-15)9-13(4-1)14-5-2-8-16-11-14/h1,3-4,9,14-17H,2,5-8,10-11H2. The van der Waals surface area contributed by atoms with Gasteiger partial charge in [-0.1, -0.05) is 24.3 Å². The molecule has 1 saturated heterocycles. The van der Waals surface area contributed by atoms with Crippen molar-refractivity contribution in [3.8, 4) is 0 Å². The normalized spacial score (nSPS) is 24.8. The summed E-state index contributed by atoms with van der Waals surface area (Å²) >= 11 is 0. The number of rotatable bonds is 4. The summed E-state index contributed by atoms with van der Waals surface area (Å²) in [5.41, 5.74) is 2.97. The highest BCUT2D eigenvalue weighted by atomic mass is 14.9. The third kappa shape index (κ3) is 3.08. The van der Waals surface area contributed by atoms with Crippen molar-refractivity contribution >= 4 is 0 Å². The molecule has 0 aromatic heterocycles. The molecule has 1 atom stereocenters. The van der Waals surface area contributed by atoms with Crippen LogP contribution in [0.15, 0.2) is 24.3 Å². The van der Waals surface area contributed by atoms with E-state index in [1.807, 2.05) is 0 Å². The molecule has 1 saturated carbocycles. The van der Waals surface area contributed by atoms with Crippen LogP contribution in [0, 0.1) is 0 Å². The van der Waals surface area contributed by atoms with Crippen molar-refractivity contribution in [2.24, 2.45) is 0 Å². The molecule has 2 fully saturated rings. The summed E-state index contributed by atoms with van der Waals surface area (Å²) in [6.45, 7) is 3.39. The Bertz CT molecular complexity index is 365. The van der Waals surface area contributed by atoms with E-state index < -0.39 is 0 Å². The van der Waals surface area contributed by atoms with Gasteiger partial charge >= 0.3 is 0 Å². The van der Waals surface area contributed by atoms with E-state index in [9.17, 15) is 0 Å². The largest absolute Gasteiger partial charge is 0.316 e. The van der Waals surface area contributed by atoms with Gasteiger partial charge in [-0.2, -0.15) is 0 Å². The Morgan fingerprint density at radius 1 is 1.24 bits per heavy atom. The van der Waals surface area contributed by atoms with Crippen LogP contribution in [0.25, 0.3) is 0 Å². The molecule has 2 heteroatoms. The molecule has 1 aromatic carbocycles. The molecule has 1 aromatic rings. The molecule has 1 aliphatic heterocycles. The van der Waals surface area contributed by atoms with E-state index in [1.54, 1.807) is 0 Å². The van der Waals surface area contributed by atoms with E-state index in [0.29, 0.717) is 0 Å². The number of hydrogen-bond acceptors (Lipinski definition) is 2. The summed E-state index contributed by atoms with van der Waals surface area (Å²) in [6, 6.07) is 9.95. The fourth-order valence-electron chi connectivity index (χ4n) is 2.64. The predicted molar refractivity (Wildman–Crippen MR) is 71.1 cm³/mol. The van der Waals surface area contributed by atoms with Crippen molar-refractivity contribution in [2.45, 2.75) is 44.2 Å². The zero-order valence-corrected chi connectivity index (χ0v) is 10.4. The second kappa shape index (κ2) is 5.19. The van der Waals surface area contributed by atoms with E-state index in [2.05, 4.69) is 34.9 Å². The van der Waals surface area contributed by atoms with Crippen LogP contribution >= 0.6 is 0 Å². The summed E-state index contributed by atoms with van der Waals surface area (Å²) < 4.78 is 0. The minimum absolute atomic E-state index is 0.727. The van der Waals surface area contributed by atoms with Crippen LogP contribution < -0.4 is 10.6 Å². The Morgan fingerprint density at radius 3 is 2.94 bits per heavy atom. The Labute approximate surface area is 104 Å². The number of benzene rings is 1. The van der Waals surface area contributed by atoms with Crippen molar-refractivity contribution in [3.05, 3.63) is 35.4 Å². The lowest BCUT2D eigenvalue weighted by Crippen LogP contribution is -2.28. The van der Waals surface area contributed by atoms with Gasteiger partial charge in [0, 0.05) is 19.1 Å². The SMILES string of the molecule is c1cc(CNC2CC2)cc(C2CCCNC2)c1. The van der Waals surface area contributed by atoms with E-state index in [-0.39, 0.29) is 0 Å². The number of piperidine rings is 1. The first-order valence-electron chi connectivity index (χ1n) is 6.95. The molecule has 1 heterocycles. The van der Waals surface area contributed by atoms with Gasteiger partial charge in [-0.15, -0.1) is 0 Å². The van der Waals surface area contributed by atoms with Crippen LogP contribution in [-0.2, 0) is 6.54 Å². The lowest BCUT2D eigenvalue weighted by molar-refractivity contribution is 0.461. The lowest BCUT2D eigenvalue weighted by atomic mass is 9.91. The highest BCUT2D eigenvalue weighted by Crippen LogP contribution is 2.24. The van der Waals surface area contributed by atoms with E-state index in [0.717, 1.165) is 25.0 Å². The molecule has 0 spiro atoms. The monoisotopic (exact) mass is 230 g/mol. The molecule has 1 aliphatic carbocycles. The van der Waals surface area contributed by atoms with Crippen molar-refractivity contribution in [1.82, 2.24) is 10.6 Å². The molecular weight excluding hydrogens is 208 g/mol. The second-order valence-corrected chi connectivity index (χ2v) is 5.44. The third-order valence-corrected chi connectivity index (χ3v) is 3.89. The van der Waals surface area contributed by atoms with Gasteiger partial charge < -0.3 is 10.6 Å². The van der Waals surface area contributed by atoms with Crippen molar-refractivity contribution in [2.75, 3.05) is 13.1 Å². The average molecular weight is 230 g/mol. The zero-order valence-electron chi connectivity index (χ0n) is 10.4.